The number of hydrogen-bond donors (Lipinski definition) is 0. The molecule has 2 saturated heterocycles. The maximum atomic E-state index is 6.78. The van der Waals surface area contributed by atoms with E-state index in [1.54, 1.807) is 7.11 Å². The van der Waals surface area contributed by atoms with E-state index in [4.69, 9.17) is 42.6 Å². The molecule has 9 atom stereocenters. The molecule has 0 spiro atoms. The zero-order chi connectivity index (χ0) is 39.1. The lowest BCUT2D eigenvalue weighted by atomic mass is 9.97. The molecule has 0 aromatic heterocycles. The second kappa shape index (κ2) is 21.5. The summed E-state index contributed by atoms with van der Waals surface area (Å²) in [6.45, 7) is 4.08. The zero-order valence-corrected chi connectivity index (χ0v) is 32.8. The Morgan fingerprint density at radius 2 is 0.825 bits per heavy atom. The molecule has 2 fully saturated rings. The first-order valence-electron chi connectivity index (χ1n) is 19.9. The van der Waals surface area contributed by atoms with Gasteiger partial charge in [0.25, 0.3) is 0 Å². The van der Waals surface area contributed by atoms with E-state index in [9.17, 15) is 0 Å². The van der Waals surface area contributed by atoms with Gasteiger partial charge >= 0.3 is 0 Å². The lowest BCUT2D eigenvalue weighted by molar-refractivity contribution is -0.333. The fraction of sp³-hybridized carbons (Fsp3) is 0.375. The molecule has 9 heteroatoms. The van der Waals surface area contributed by atoms with Crippen LogP contribution in [0.2, 0.25) is 0 Å². The van der Waals surface area contributed by atoms with Crippen molar-refractivity contribution in [1.29, 1.82) is 0 Å². The van der Waals surface area contributed by atoms with Gasteiger partial charge in [0, 0.05) is 13.5 Å². The molecule has 0 bridgehead atoms. The van der Waals surface area contributed by atoms with Crippen LogP contribution in [0.15, 0.2) is 152 Å². The fourth-order valence-electron chi connectivity index (χ4n) is 7.33. The Morgan fingerprint density at radius 1 is 0.439 bits per heavy atom. The van der Waals surface area contributed by atoms with Crippen molar-refractivity contribution in [1.82, 2.24) is 0 Å². The van der Waals surface area contributed by atoms with Gasteiger partial charge in [-0.25, -0.2) is 0 Å². The third-order valence-corrected chi connectivity index (χ3v) is 10.3. The normalized spacial score (nSPS) is 26.2. The molecule has 2 aliphatic heterocycles. The molecular weight excluding hydrogens is 721 g/mol. The first-order valence-corrected chi connectivity index (χ1v) is 19.9. The predicted molar refractivity (Wildman–Crippen MR) is 216 cm³/mol. The minimum atomic E-state index is -0.761. The van der Waals surface area contributed by atoms with Crippen LogP contribution in [0, 0.1) is 0 Å². The number of ether oxygens (including phenoxy) is 9. The molecule has 5 aromatic rings. The highest BCUT2D eigenvalue weighted by Crippen LogP contribution is 2.33. The van der Waals surface area contributed by atoms with E-state index in [-0.39, 0.29) is 24.9 Å². The topological polar surface area (TPSA) is 83.1 Å². The number of hydrogen-bond acceptors (Lipinski definition) is 9. The predicted octanol–water partition coefficient (Wildman–Crippen LogP) is 8.44. The van der Waals surface area contributed by atoms with Gasteiger partial charge in [0.05, 0.1) is 51.8 Å². The van der Waals surface area contributed by atoms with Gasteiger partial charge in [-0.1, -0.05) is 152 Å². The molecule has 0 radical (unpaired) electrons. The standard InChI is InChI=1S/C48H54O9/c1-35-44(52-30-37-20-10-4-11-21-37)41(50-29-36-18-8-3-9-19-36)28-43(56-35)51-34-42-45(53-31-38-22-12-5-13-23-38)46(54-32-39-24-14-6-15-25-39)47(48(49-2)57-42)55-33-40-26-16-7-17-27-40/h3-27,35,41-48H,28-34H2,1-2H3/t35-,41-,42+,43+,44-,45+,46-,47+,48+/m0/s1. The van der Waals surface area contributed by atoms with Gasteiger partial charge in [-0.2, -0.15) is 0 Å². The van der Waals surface area contributed by atoms with E-state index in [1.165, 1.54) is 0 Å². The van der Waals surface area contributed by atoms with Crippen molar-refractivity contribution >= 4 is 0 Å². The second-order valence-electron chi connectivity index (χ2n) is 14.5. The lowest BCUT2D eigenvalue weighted by Crippen LogP contribution is -2.62. The molecule has 0 saturated carbocycles. The van der Waals surface area contributed by atoms with Crippen LogP contribution in [0.4, 0.5) is 0 Å². The minimum absolute atomic E-state index is 0.147. The van der Waals surface area contributed by atoms with Crippen molar-refractivity contribution in [2.45, 2.75) is 102 Å². The molecular formula is C48H54O9. The average molecular weight is 775 g/mol. The summed E-state index contributed by atoms with van der Waals surface area (Å²) in [7, 11) is 1.62. The third-order valence-electron chi connectivity index (χ3n) is 10.3. The maximum Gasteiger partial charge on any atom is 0.186 e. The summed E-state index contributed by atoms with van der Waals surface area (Å²) in [5, 5.41) is 0. The molecule has 9 nitrogen and oxygen atoms in total. The Balaban J connectivity index is 1.10. The van der Waals surface area contributed by atoms with E-state index >= 15 is 0 Å². The SMILES string of the molecule is CO[C@@H]1O[C@H](CO[C@H]2C[C@H](OCc3ccccc3)[C@@H](OCc3ccccc3)[C@H](C)O2)[C@@H](OCc2ccccc2)[C@H](OCc2ccccc2)[C@H]1OCc1ccccc1. The maximum absolute atomic E-state index is 6.78. The summed E-state index contributed by atoms with van der Waals surface area (Å²) >= 11 is 0. The van der Waals surface area contributed by atoms with Crippen LogP contribution in [0.25, 0.3) is 0 Å². The molecule has 0 N–H and O–H groups in total. The largest absolute Gasteiger partial charge is 0.371 e. The molecule has 0 aliphatic carbocycles. The van der Waals surface area contributed by atoms with Gasteiger partial charge in [-0.05, 0) is 34.7 Å². The van der Waals surface area contributed by atoms with E-state index in [0.717, 1.165) is 27.8 Å². The summed E-state index contributed by atoms with van der Waals surface area (Å²) in [6, 6.07) is 50.5. The van der Waals surface area contributed by atoms with Crippen LogP contribution in [0.1, 0.15) is 41.2 Å². The van der Waals surface area contributed by atoms with E-state index in [2.05, 4.69) is 24.3 Å². The highest BCUT2D eigenvalue weighted by molar-refractivity contribution is 5.17. The van der Waals surface area contributed by atoms with E-state index in [0.29, 0.717) is 39.5 Å². The first kappa shape index (κ1) is 40.9. The summed E-state index contributed by atoms with van der Waals surface area (Å²) in [5.41, 5.74) is 5.26. The summed E-state index contributed by atoms with van der Waals surface area (Å²) in [5.74, 6) is 0. The average Bonchev–Trinajstić information content (AvgIpc) is 3.27. The molecule has 2 aliphatic rings. The summed E-state index contributed by atoms with van der Waals surface area (Å²) in [6.07, 6.45) is -4.16. The quantitative estimate of drug-likeness (QED) is 0.0822. The smallest absolute Gasteiger partial charge is 0.186 e. The van der Waals surface area contributed by atoms with Gasteiger partial charge in [0.1, 0.15) is 30.5 Å². The fourth-order valence-corrected chi connectivity index (χ4v) is 7.33. The van der Waals surface area contributed by atoms with Gasteiger partial charge in [0.2, 0.25) is 0 Å². The Kier molecular flexibility index (Phi) is 15.4. The van der Waals surface area contributed by atoms with Crippen molar-refractivity contribution in [3.05, 3.63) is 179 Å². The monoisotopic (exact) mass is 774 g/mol. The number of rotatable bonds is 19. The van der Waals surface area contributed by atoms with E-state index < -0.39 is 37.0 Å². The van der Waals surface area contributed by atoms with Crippen molar-refractivity contribution in [2.75, 3.05) is 13.7 Å². The molecule has 5 aromatic carbocycles. The highest BCUT2D eigenvalue weighted by atomic mass is 16.7. The van der Waals surface area contributed by atoms with Crippen molar-refractivity contribution < 1.29 is 42.6 Å². The molecule has 0 unspecified atom stereocenters. The highest BCUT2D eigenvalue weighted by Gasteiger charge is 2.49. The molecule has 0 amide bonds. The van der Waals surface area contributed by atoms with Gasteiger partial charge in [0.15, 0.2) is 12.6 Å². The van der Waals surface area contributed by atoms with E-state index in [1.807, 2.05) is 134 Å². The van der Waals surface area contributed by atoms with Crippen LogP contribution < -0.4 is 0 Å². The third kappa shape index (κ3) is 11.9. The Bertz CT molecular complexity index is 1830. The Labute approximate surface area is 336 Å². The molecule has 300 valence electrons. The van der Waals surface area contributed by atoms with Crippen molar-refractivity contribution in [3.63, 3.8) is 0 Å². The van der Waals surface area contributed by atoms with Gasteiger partial charge < -0.3 is 42.6 Å². The van der Waals surface area contributed by atoms with Crippen LogP contribution in [0.5, 0.6) is 0 Å². The van der Waals surface area contributed by atoms with Crippen LogP contribution in [-0.2, 0) is 75.7 Å². The molecule has 7 rings (SSSR count). The van der Waals surface area contributed by atoms with Crippen LogP contribution >= 0.6 is 0 Å². The zero-order valence-electron chi connectivity index (χ0n) is 32.8. The Morgan fingerprint density at radius 3 is 1.26 bits per heavy atom. The Hall–Kier alpha value is -4.26. The lowest BCUT2D eigenvalue weighted by Gasteiger charge is -2.46. The minimum Gasteiger partial charge on any atom is -0.371 e. The summed E-state index contributed by atoms with van der Waals surface area (Å²) in [4.78, 5) is 0. The van der Waals surface area contributed by atoms with Gasteiger partial charge in [-0.3, -0.25) is 0 Å². The van der Waals surface area contributed by atoms with Crippen LogP contribution in [-0.4, -0.2) is 69.0 Å². The van der Waals surface area contributed by atoms with Crippen molar-refractivity contribution in [3.8, 4) is 0 Å². The first-order chi connectivity index (χ1) is 28.1. The van der Waals surface area contributed by atoms with Crippen molar-refractivity contribution in [2.24, 2.45) is 0 Å². The number of benzene rings is 5. The van der Waals surface area contributed by atoms with Gasteiger partial charge in [-0.15, -0.1) is 0 Å². The second-order valence-corrected chi connectivity index (χ2v) is 14.5. The molecule has 57 heavy (non-hydrogen) atoms. The molecule has 2 heterocycles. The number of methoxy groups -OCH3 is 1. The van der Waals surface area contributed by atoms with Crippen LogP contribution in [0.3, 0.4) is 0 Å². The summed E-state index contributed by atoms with van der Waals surface area (Å²) < 4.78 is 59.0.